The lowest BCUT2D eigenvalue weighted by Gasteiger charge is -2.23. The lowest BCUT2D eigenvalue weighted by Crippen LogP contribution is -2.37. The van der Waals surface area contributed by atoms with Gasteiger partial charge >= 0.3 is 6.18 Å². The van der Waals surface area contributed by atoms with Gasteiger partial charge < -0.3 is 14.8 Å². The van der Waals surface area contributed by atoms with Gasteiger partial charge in [-0.1, -0.05) is 6.42 Å². The lowest BCUT2D eigenvalue weighted by atomic mass is 10.1. The summed E-state index contributed by atoms with van der Waals surface area (Å²) in [4.78, 5) is 0. The zero-order valence-corrected chi connectivity index (χ0v) is 9.18. The minimum Gasteiger partial charge on any atom is -0.377 e. The van der Waals surface area contributed by atoms with E-state index in [1.165, 1.54) is 12.8 Å². The summed E-state index contributed by atoms with van der Waals surface area (Å²) in [7, 11) is 0. The number of hydrogen-bond donors (Lipinski definition) is 1. The zero-order chi connectivity index (χ0) is 11.9. The second kappa shape index (κ2) is 7.09. The summed E-state index contributed by atoms with van der Waals surface area (Å²) in [6.45, 7) is 0.562. The Morgan fingerprint density at radius 3 is 2.50 bits per heavy atom. The fraction of sp³-hybridized carbons (Fsp3) is 1.00. The quantitative estimate of drug-likeness (QED) is 0.718. The molecule has 1 atom stereocenters. The number of rotatable bonds is 6. The van der Waals surface area contributed by atoms with Crippen LogP contribution in [0.1, 0.15) is 19.3 Å². The average Bonchev–Trinajstić information content (AvgIpc) is 2.23. The van der Waals surface area contributed by atoms with Gasteiger partial charge in [0.1, 0.15) is 6.61 Å². The summed E-state index contributed by atoms with van der Waals surface area (Å²) in [6.07, 6.45) is -0.800. The Morgan fingerprint density at radius 1 is 1.12 bits per heavy atom. The van der Waals surface area contributed by atoms with Gasteiger partial charge in [0, 0.05) is 6.04 Å². The molecule has 1 aliphatic rings. The first kappa shape index (κ1) is 13.7. The van der Waals surface area contributed by atoms with Crippen LogP contribution < -0.4 is 5.32 Å². The van der Waals surface area contributed by atoms with Crippen LogP contribution in [0.3, 0.4) is 0 Å². The third kappa shape index (κ3) is 7.03. The Labute approximate surface area is 93.3 Å². The Morgan fingerprint density at radius 2 is 1.88 bits per heavy atom. The SMILES string of the molecule is FC(F)(F)COCCOCC1CCCCN1. The van der Waals surface area contributed by atoms with Crippen LogP contribution in [-0.2, 0) is 9.47 Å². The molecule has 16 heavy (non-hydrogen) atoms. The maximum Gasteiger partial charge on any atom is 0.411 e. The molecule has 0 bridgehead atoms. The predicted molar refractivity (Wildman–Crippen MR) is 53.3 cm³/mol. The molecule has 1 N–H and O–H groups in total. The summed E-state index contributed by atoms with van der Waals surface area (Å²) < 4.78 is 44.7. The topological polar surface area (TPSA) is 30.5 Å². The van der Waals surface area contributed by atoms with E-state index in [0.717, 1.165) is 13.0 Å². The van der Waals surface area contributed by atoms with E-state index < -0.39 is 12.8 Å². The Hall–Kier alpha value is -0.330. The summed E-state index contributed by atoms with van der Waals surface area (Å²) in [5.74, 6) is 0. The van der Waals surface area contributed by atoms with Crippen LogP contribution in [0.4, 0.5) is 13.2 Å². The second-order valence-corrected chi connectivity index (χ2v) is 3.89. The molecule has 1 heterocycles. The lowest BCUT2D eigenvalue weighted by molar-refractivity contribution is -0.176. The Kier molecular flexibility index (Phi) is 6.08. The molecule has 0 aromatic heterocycles. The minimum absolute atomic E-state index is 0.00771. The third-order valence-electron chi connectivity index (χ3n) is 2.37. The maximum atomic E-state index is 11.7. The van der Waals surface area contributed by atoms with Crippen molar-refractivity contribution in [3.05, 3.63) is 0 Å². The summed E-state index contributed by atoms with van der Waals surface area (Å²) in [5.41, 5.74) is 0. The van der Waals surface area contributed by atoms with E-state index in [1.807, 2.05) is 0 Å². The van der Waals surface area contributed by atoms with Crippen LogP contribution in [0.25, 0.3) is 0 Å². The van der Waals surface area contributed by atoms with Crippen molar-refractivity contribution < 1.29 is 22.6 Å². The second-order valence-electron chi connectivity index (χ2n) is 3.89. The van der Waals surface area contributed by atoms with Gasteiger partial charge in [0.15, 0.2) is 0 Å². The predicted octanol–water partition coefficient (Wildman–Crippen LogP) is 1.72. The molecule has 1 unspecified atom stereocenters. The van der Waals surface area contributed by atoms with Gasteiger partial charge in [0.05, 0.1) is 19.8 Å². The molecular formula is C10H18F3NO2. The van der Waals surface area contributed by atoms with Crippen molar-refractivity contribution in [3.63, 3.8) is 0 Å². The Bertz CT molecular complexity index is 181. The van der Waals surface area contributed by atoms with Crippen LogP contribution in [0, 0.1) is 0 Å². The van der Waals surface area contributed by atoms with E-state index in [0.29, 0.717) is 12.6 Å². The van der Waals surface area contributed by atoms with Gasteiger partial charge in [-0.05, 0) is 19.4 Å². The molecule has 96 valence electrons. The molecule has 6 heteroatoms. The van der Waals surface area contributed by atoms with E-state index >= 15 is 0 Å². The molecule has 0 aromatic carbocycles. The first-order valence-electron chi connectivity index (χ1n) is 5.53. The minimum atomic E-state index is -4.25. The van der Waals surface area contributed by atoms with Crippen molar-refractivity contribution in [1.29, 1.82) is 0 Å². The van der Waals surface area contributed by atoms with E-state index in [9.17, 15) is 13.2 Å². The van der Waals surface area contributed by atoms with Crippen molar-refractivity contribution in [3.8, 4) is 0 Å². The highest BCUT2D eigenvalue weighted by atomic mass is 19.4. The molecule has 0 saturated carbocycles. The van der Waals surface area contributed by atoms with E-state index in [1.54, 1.807) is 0 Å². The van der Waals surface area contributed by atoms with Gasteiger partial charge in [-0.2, -0.15) is 13.2 Å². The monoisotopic (exact) mass is 241 g/mol. The van der Waals surface area contributed by atoms with E-state index in [4.69, 9.17) is 4.74 Å². The first-order chi connectivity index (χ1) is 7.58. The molecule has 0 spiro atoms. The molecule has 1 aliphatic heterocycles. The zero-order valence-electron chi connectivity index (χ0n) is 9.18. The normalized spacial score (nSPS) is 22.3. The molecule has 1 saturated heterocycles. The molecular weight excluding hydrogens is 223 g/mol. The van der Waals surface area contributed by atoms with Gasteiger partial charge in [-0.15, -0.1) is 0 Å². The Balaban J connectivity index is 1.87. The molecule has 0 aromatic rings. The van der Waals surface area contributed by atoms with Crippen molar-refractivity contribution in [1.82, 2.24) is 5.32 Å². The number of halogens is 3. The van der Waals surface area contributed by atoms with E-state index in [2.05, 4.69) is 10.1 Å². The first-order valence-corrected chi connectivity index (χ1v) is 5.53. The highest BCUT2D eigenvalue weighted by Crippen LogP contribution is 2.14. The fourth-order valence-corrected chi connectivity index (χ4v) is 1.60. The number of ether oxygens (including phenoxy) is 2. The summed E-state index contributed by atoms with van der Waals surface area (Å²) in [5, 5.41) is 3.29. The highest BCUT2D eigenvalue weighted by molar-refractivity contribution is 4.71. The van der Waals surface area contributed by atoms with Crippen LogP contribution in [0.2, 0.25) is 0 Å². The number of piperidine rings is 1. The van der Waals surface area contributed by atoms with Crippen LogP contribution in [-0.4, -0.2) is 45.2 Å². The number of nitrogens with one attached hydrogen (secondary N) is 1. The van der Waals surface area contributed by atoms with Crippen molar-refractivity contribution in [2.75, 3.05) is 33.0 Å². The average molecular weight is 241 g/mol. The van der Waals surface area contributed by atoms with Crippen LogP contribution in [0.15, 0.2) is 0 Å². The van der Waals surface area contributed by atoms with E-state index in [-0.39, 0.29) is 13.2 Å². The summed E-state index contributed by atoms with van der Waals surface area (Å²) >= 11 is 0. The fourth-order valence-electron chi connectivity index (χ4n) is 1.60. The van der Waals surface area contributed by atoms with Gasteiger partial charge in [-0.25, -0.2) is 0 Å². The molecule has 1 rings (SSSR count). The standard InChI is InChI=1S/C10H18F3NO2/c11-10(12,13)8-16-6-5-15-7-9-3-1-2-4-14-9/h9,14H,1-8H2. The maximum absolute atomic E-state index is 11.7. The van der Waals surface area contributed by atoms with Crippen LogP contribution in [0.5, 0.6) is 0 Å². The summed E-state index contributed by atoms with van der Waals surface area (Å²) in [6, 6.07) is 0.344. The van der Waals surface area contributed by atoms with Gasteiger partial charge in [0.2, 0.25) is 0 Å². The number of alkyl halides is 3. The van der Waals surface area contributed by atoms with Crippen LogP contribution >= 0.6 is 0 Å². The van der Waals surface area contributed by atoms with Crippen molar-refractivity contribution >= 4 is 0 Å². The van der Waals surface area contributed by atoms with Gasteiger partial charge in [0.25, 0.3) is 0 Å². The molecule has 3 nitrogen and oxygen atoms in total. The highest BCUT2D eigenvalue weighted by Gasteiger charge is 2.27. The molecule has 1 fully saturated rings. The van der Waals surface area contributed by atoms with Crippen molar-refractivity contribution in [2.45, 2.75) is 31.5 Å². The molecule has 0 aliphatic carbocycles. The smallest absolute Gasteiger partial charge is 0.377 e. The molecule has 0 radical (unpaired) electrons. The largest absolute Gasteiger partial charge is 0.411 e. The van der Waals surface area contributed by atoms with Gasteiger partial charge in [-0.3, -0.25) is 0 Å². The van der Waals surface area contributed by atoms with Crippen molar-refractivity contribution in [2.24, 2.45) is 0 Å². The molecule has 0 amide bonds. The number of hydrogen-bond acceptors (Lipinski definition) is 3. The third-order valence-corrected chi connectivity index (χ3v) is 2.37.